The van der Waals surface area contributed by atoms with Crippen molar-refractivity contribution >= 4 is 5.91 Å². The summed E-state index contributed by atoms with van der Waals surface area (Å²) in [6.07, 6.45) is 5.44. The lowest BCUT2D eigenvalue weighted by atomic mass is 9.74. The Morgan fingerprint density at radius 3 is 2.46 bits per heavy atom. The SMILES string of the molecule is CCC(CC)N(C)C(=O)CN1CCC2(CC1)c1ccccc1CCN2C. The van der Waals surface area contributed by atoms with Crippen molar-refractivity contribution in [3.05, 3.63) is 35.4 Å². The number of amides is 1. The predicted octanol–water partition coefficient (Wildman–Crippen LogP) is 3.11. The van der Waals surface area contributed by atoms with Crippen LogP contribution in [-0.4, -0.2) is 66.9 Å². The van der Waals surface area contributed by atoms with Crippen LogP contribution in [0.15, 0.2) is 24.3 Å². The minimum Gasteiger partial charge on any atom is -0.342 e. The van der Waals surface area contributed by atoms with E-state index in [1.54, 1.807) is 0 Å². The first-order chi connectivity index (χ1) is 12.5. The van der Waals surface area contributed by atoms with Gasteiger partial charge in [0.25, 0.3) is 0 Å². The maximum absolute atomic E-state index is 12.7. The Balaban J connectivity index is 1.65. The summed E-state index contributed by atoms with van der Waals surface area (Å²) >= 11 is 0. The van der Waals surface area contributed by atoms with E-state index < -0.39 is 0 Å². The third-order valence-electron chi connectivity index (χ3n) is 6.89. The van der Waals surface area contributed by atoms with Crippen molar-refractivity contribution in [3.63, 3.8) is 0 Å². The molecule has 0 radical (unpaired) electrons. The smallest absolute Gasteiger partial charge is 0.236 e. The molecule has 0 saturated carbocycles. The molecule has 4 nitrogen and oxygen atoms in total. The molecule has 1 fully saturated rings. The van der Waals surface area contributed by atoms with E-state index in [9.17, 15) is 4.79 Å². The summed E-state index contributed by atoms with van der Waals surface area (Å²) in [4.78, 5) is 19.6. The third kappa shape index (κ3) is 3.54. The molecular formula is C22H35N3O. The molecule has 1 amide bonds. The maximum Gasteiger partial charge on any atom is 0.236 e. The van der Waals surface area contributed by atoms with Crippen LogP contribution in [0.2, 0.25) is 0 Å². The molecule has 2 heterocycles. The molecule has 144 valence electrons. The summed E-state index contributed by atoms with van der Waals surface area (Å²) in [6.45, 7) is 8.03. The lowest BCUT2D eigenvalue weighted by molar-refractivity contribution is -0.134. The topological polar surface area (TPSA) is 26.8 Å². The standard InChI is InChI=1S/C22H35N3O/c1-5-19(6-2)24(4)21(26)17-25-15-12-22(13-16-25)20-10-8-7-9-18(20)11-14-23(22)3/h7-10,19H,5-6,11-17H2,1-4H3. The third-order valence-corrected chi connectivity index (χ3v) is 6.89. The molecule has 0 bridgehead atoms. The molecule has 0 atom stereocenters. The van der Waals surface area contributed by atoms with E-state index in [1.807, 2.05) is 11.9 Å². The molecule has 1 spiro atoms. The van der Waals surface area contributed by atoms with Crippen molar-refractivity contribution < 1.29 is 4.79 Å². The van der Waals surface area contributed by atoms with Crippen LogP contribution in [0.3, 0.4) is 0 Å². The molecule has 2 aliphatic heterocycles. The zero-order valence-electron chi connectivity index (χ0n) is 17.0. The normalized spacial score (nSPS) is 20.3. The summed E-state index contributed by atoms with van der Waals surface area (Å²) in [7, 11) is 4.24. The van der Waals surface area contributed by atoms with Gasteiger partial charge in [-0.25, -0.2) is 0 Å². The van der Waals surface area contributed by atoms with E-state index in [0.29, 0.717) is 12.6 Å². The molecule has 0 aromatic heterocycles. The highest BCUT2D eigenvalue weighted by atomic mass is 16.2. The minimum atomic E-state index is 0.162. The number of carbonyl (C=O) groups excluding carboxylic acids is 1. The van der Waals surface area contributed by atoms with Crippen molar-refractivity contribution in [1.82, 2.24) is 14.7 Å². The molecule has 0 aliphatic carbocycles. The van der Waals surface area contributed by atoms with Gasteiger partial charge in [-0.15, -0.1) is 0 Å². The second kappa shape index (κ2) is 8.10. The Morgan fingerprint density at radius 2 is 1.81 bits per heavy atom. The number of rotatable bonds is 5. The first-order valence-corrected chi connectivity index (χ1v) is 10.3. The molecule has 26 heavy (non-hydrogen) atoms. The highest BCUT2D eigenvalue weighted by Crippen LogP contribution is 2.42. The van der Waals surface area contributed by atoms with E-state index in [1.165, 1.54) is 11.1 Å². The fourth-order valence-corrected chi connectivity index (χ4v) is 4.98. The van der Waals surface area contributed by atoms with Gasteiger partial charge in [0.05, 0.1) is 6.54 Å². The fourth-order valence-electron chi connectivity index (χ4n) is 4.98. The van der Waals surface area contributed by atoms with E-state index >= 15 is 0 Å². The summed E-state index contributed by atoms with van der Waals surface area (Å²) < 4.78 is 0. The van der Waals surface area contributed by atoms with Gasteiger partial charge in [-0.2, -0.15) is 0 Å². The van der Waals surface area contributed by atoms with Crippen LogP contribution >= 0.6 is 0 Å². The second-order valence-corrected chi connectivity index (χ2v) is 8.11. The largest absolute Gasteiger partial charge is 0.342 e. The molecule has 1 aromatic rings. The van der Waals surface area contributed by atoms with Crippen LogP contribution in [0, 0.1) is 0 Å². The Kier molecular flexibility index (Phi) is 6.03. The van der Waals surface area contributed by atoms with Gasteiger partial charge in [-0.05, 0) is 50.3 Å². The van der Waals surface area contributed by atoms with E-state index in [2.05, 4.69) is 55.0 Å². The lowest BCUT2D eigenvalue weighted by Gasteiger charge is -2.51. The first-order valence-electron chi connectivity index (χ1n) is 10.3. The van der Waals surface area contributed by atoms with Gasteiger partial charge in [-0.1, -0.05) is 38.1 Å². The molecule has 0 unspecified atom stereocenters. The van der Waals surface area contributed by atoms with Crippen molar-refractivity contribution in [3.8, 4) is 0 Å². The van der Waals surface area contributed by atoms with Gasteiger partial charge in [-0.3, -0.25) is 14.6 Å². The van der Waals surface area contributed by atoms with Crippen LogP contribution < -0.4 is 0 Å². The molecule has 4 heteroatoms. The molecule has 1 saturated heterocycles. The van der Waals surface area contributed by atoms with Crippen LogP contribution in [0.4, 0.5) is 0 Å². The summed E-state index contributed by atoms with van der Waals surface area (Å²) in [5.41, 5.74) is 3.20. The number of hydrogen-bond acceptors (Lipinski definition) is 3. The molecular weight excluding hydrogens is 322 g/mol. The summed E-state index contributed by atoms with van der Waals surface area (Å²) in [5, 5.41) is 0. The van der Waals surface area contributed by atoms with Gasteiger partial charge in [0, 0.05) is 38.3 Å². The van der Waals surface area contributed by atoms with Gasteiger partial charge in [0.1, 0.15) is 0 Å². The van der Waals surface area contributed by atoms with Crippen molar-refractivity contribution in [2.75, 3.05) is 40.3 Å². The van der Waals surface area contributed by atoms with Crippen molar-refractivity contribution in [2.24, 2.45) is 0 Å². The number of carbonyl (C=O) groups is 1. The lowest BCUT2D eigenvalue weighted by Crippen LogP contribution is -2.55. The van der Waals surface area contributed by atoms with Crippen LogP contribution in [0.5, 0.6) is 0 Å². The molecule has 0 N–H and O–H groups in total. The quantitative estimate of drug-likeness (QED) is 0.810. The van der Waals surface area contributed by atoms with Gasteiger partial charge in [0.2, 0.25) is 5.91 Å². The monoisotopic (exact) mass is 357 g/mol. The van der Waals surface area contributed by atoms with Gasteiger partial charge in [0.15, 0.2) is 0 Å². The Labute approximate surface area is 159 Å². The highest BCUT2D eigenvalue weighted by Gasteiger charge is 2.43. The average molecular weight is 358 g/mol. The van der Waals surface area contributed by atoms with Crippen molar-refractivity contribution in [1.29, 1.82) is 0 Å². The fraction of sp³-hybridized carbons (Fsp3) is 0.682. The number of hydrogen-bond donors (Lipinski definition) is 0. The zero-order chi connectivity index (χ0) is 18.7. The number of likely N-dealkylation sites (tertiary alicyclic amines) is 1. The maximum atomic E-state index is 12.7. The predicted molar refractivity (Wildman–Crippen MR) is 107 cm³/mol. The number of fused-ring (bicyclic) bond motifs is 2. The van der Waals surface area contributed by atoms with Crippen LogP contribution in [0.1, 0.15) is 50.7 Å². The molecule has 2 aliphatic rings. The Bertz CT molecular complexity index is 618. The molecule has 1 aromatic carbocycles. The average Bonchev–Trinajstić information content (AvgIpc) is 2.67. The van der Waals surface area contributed by atoms with Crippen molar-refractivity contribution in [2.45, 2.75) is 57.5 Å². The van der Waals surface area contributed by atoms with Gasteiger partial charge >= 0.3 is 0 Å². The number of likely N-dealkylation sites (N-methyl/N-ethyl adjacent to an activating group) is 2. The zero-order valence-corrected chi connectivity index (χ0v) is 17.0. The number of piperidine rings is 1. The number of benzene rings is 1. The van der Waals surface area contributed by atoms with E-state index in [4.69, 9.17) is 0 Å². The van der Waals surface area contributed by atoms with Crippen LogP contribution in [0.25, 0.3) is 0 Å². The summed E-state index contributed by atoms with van der Waals surface area (Å²) in [6, 6.07) is 9.34. The van der Waals surface area contributed by atoms with Gasteiger partial charge < -0.3 is 4.90 Å². The Morgan fingerprint density at radius 1 is 1.15 bits per heavy atom. The minimum absolute atomic E-state index is 0.162. The second-order valence-electron chi connectivity index (χ2n) is 8.11. The van der Waals surface area contributed by atoms with E-state index in [0.717, 1.165) is 51.7 Å². The van der Waals surface area contributed by atoms with Crippen LogP contribution in [-0.2, 0) is 16.8 Å². The first kappa shape index (κ1) is 19.4. The Hall–Kier alpha value is -1.39. The van der Waals surface area contributed by atoms with E-state index in [-0.39, 0.29) is 11.4 Å². The highest BCUT2D eigenvalue weighted by molar-refractivity contribution is 5.78. The molecule has 3 rings (SSSR count). The summed E-state index contributed by atoms with van der Waals surface area (Å²) in [5.74, 6) is 0.270. The number of nitrogens with zero attached hydrogens (tertiary/aromatic N) is 3.